The lowest BCUT2D eigenvalue weighted by molar-refractivity contribution is 0.0987. The third-order valence-corrected chi connectivity index (χ3v) is 3.71. The molecule has 3 nitrogen and oxygen atoms in total. The van der Waals surface area contributed by atoms with Crippen LogP contribution in [-0.2, 0) is 4.74 Å². The minimum Gasteiger partial charge on any atom is -0.381 e. The first-order chi connectivity index (χ1) is 8.54. The molecule has 1 aliphatic rings. The molecule has 0 aromatic heterocycles. The summed E-state index contributed by atoms with van der Waals surface area (Å²) in [6.07, 6.45) is 3.59. The maximum Gasteiger partial charge on any atom is 0.0478 e. The Bertz CT molecular complexity index is 213. The number of rotatable bonds is 7. The van der Waals surface area contributed by atoms with Gasteiger partial charge in [-0.1, -0.05) is 34.1 Å². The first-order valence-electron chi connectivity index (χ1n) is 7.57. The summed E-state index contributed by atoms with van der Waals surface area (Å²) in [5.74, 6) is 0. The van der Waals surface area contributed by atoms with Crippen LogP contribution in [0.1, 0.15) is 47.0 Å². The average Bonchev–Trinajstić information content (AvgIpc) is 2.33. The van der Waals surface area contributed by atoms with E-state index in [9.17, 15) is 0 Å². The Morgan fingerprint density at radius 3 is 2.61 bits per heavy atom. The van der Waals surface area contributed by atoms with Gasteiger partial charge in [-0.25, -0.2) is 0 Å². The Morgan fingerprint density at radius 1 is 1.22 bits per heavy atom. The zero-order valence-electron chi connectivity index (χ0n) is 12.8. The molecule has 1 fully saturated rings. The lowest BCUT2D eigenvalue weighted by atomic mass is 9.85. The number of hydrogen-bond acceptors (Lipinski definition) is 3. The molecule has 3 heteroatoms. The zero-order chi connectivity index (χ0) is 13.4. The molecule has 18 heavy (non-hydrogen) atoms. The molecule has 0 bridgehead atoms. The highest BCUT2D eigenvalue weighted by Crippen LogP contribution is 2.21. The largest absolute Gasteiger partial charge is 0.381 e. The van der Waals surface area contributed by atoms with Crippen molar-refractivity contribution in [2.24, 2.45) is 5.41 Å². The summed E-state index contributed by atoms with van der Waals surface area (Å²) in [4.78, 5) is 2.58. The van der Waals surface area contributed by atoms with Gasteiger partial charge in [0.05, 0.1) is 0 Å². The summed E-state index contributed by atoms with van der Waals surface area (Å²) >= 11 is 0. The molecule has 1 N–H and O–H groups in total. The van der Waals surface area contributed by atoms with Crippen LogP contribution in [-0.4, -0.2) is 50.3 Å². The van der Waals surface area contributed by atoms with Crippen LogP contribution in [0.25, 0.3) is 0 Å². The van der Waals surface area contributed by atoms with Crippen LogP contribution in [0.5, 0.6) is 0 Å². The maximum atomic E-state index is 5.62. The van der Waals surface area contributed by atoms with Crippen LogP contribution in [0.4, 0.5) is 0 Å². The fourth-order valence-corrected chi connectivity index (χ4v) is 2.33. The number of ether oxygens (including phenoxy) is 1. The SMILES string of the molecule is CCCCOCCCN1CCNC(C(C)(C)C)C1. The van der Waals surface area contributed by atoms with Gasteiger partial charge in [0.15, 0.2) is 0 Å². The van der Waals surface area contributed by atoms with Crippen LogP contribution < -0.4 is 5.32 Å². The van der Waals surface area contributed by atoms with Crippen molar-refractivity contribution in [2.45, 2.75) is 53.0 Å². The summed E-state index contributed by atoms with van der Waals surface area (Å²) in [6, 6.07) is 0.618. The fraction of sp³-hybridized carbons (Fsp3) is 1.00. The molecule has 1 aliphatic heterocycles. The Kier molecular flexibility index (Phi) is 7.20. The summed E-state index contributed by atoms with van der Waals surface area (Å²) in [6.45, 7) is 15.7. The summed E-state index contributed by atoms with van der Waals surface area (Å²) < 4.78 is 5.62. The highest BCUT2D eigenvalue weighted by Gasteiger charge is 2.28. The van der Waals surface area contributed by atoms with Gasteiger partial charge >= 0.3 is 0 Å². The normalized spacial score (nSPS) is 22.3. The monoisotopic (exact) mass is 256 g/mol. The van der Waals surface area contributed by atoms with Gasteiger partial charge in [0.1, 0.15) is 0 Å². The van der Waals surface area contributed by atoms with E-state index in [4.69, 9.17) is 4.74 Å². The second-order valence-corrected chi connectivity index (χ2v) is 6.49. The minimum absolute atomic E-state index is 0.357. The minimum atomic E-state index is 0.357. The first kappa shape index (κ1) is 15.9. The number of hydrogen-bond donors (Lipinski definition) is 1. The molecule has 1 unspecified atom stereocenters. The van der Waals surface area contributed by atoms with E-state index in [0.29, 0.717) is 11.5 Å². The number of nitrogens with one attached hydrogen (secondary N) is 1. The molecule has 0 saturated carbocycles. The zero-order valence-corrected chi connectivity index (χ0v) is 12.8. The molecule has 1 saturated heterocycles. The van der Waals surface area contributed by atoms with E-state index < -0.39 is 0 Å². The van der Waals surface area contributed by atoms with Crippen LogP contribution in [0.2, 0.25) is 0 Å². The van der Waals surface area contributed by atoms with Crippen molar-refractivity contribution in [3.05, 3.63) is 0 Å². The summed E-state index contributed by atoms with van der Waals surface area (Å²) in [5.41, 5.74) is 0.357. The Morgan fingerprint density at radius 2 is 1.94 bits per heavy atom. The molecule has 1 atom stereocenters. The molecule has 0 aliphatic carbocycles. The summed E-state index contributed by atoms with van der Waals surface area (Å²) in [7, 11) is 0. The summed E-state index contributed by atoms with van der Waals surface area (Å²) in [5, 5.41) is 3.63. The smallest absolute Gasteiger partial charge is 0.0478 e. The van der Waals surface area contributed by atoms with Gasteiger partial charge in [-0.2, -0.15) is 0 Å². The van der Waals surface area contributed by atoms with Crippen LogP contribution in [0.3, 0.4) is 0 Å². The topological polar surface area (TPSA) is 24.5 Å². The van der Waals surface area contributed by atoms with Gasteiger partial charge in [0.2, 0.25) is 0 Å². The van der Waals surface area contributed by atoms with Crippen molar-refractivity contribution in [3.63, 3.8) is 0 Å². The van der Waals surface area contributed by atoms with Crippen molar-refractivity contribution in [1.82, 2.24) is 10.2 Å². The van der Waals surface area contributed by atoms with E-state index in [2.05, 4.69) is 37.9 Å². The van der Waals surface area contributed by atoms with E-state index in [1.165, 1.54) is 38.9 Å². The molecule has 0 spiro atoms. The quantitative estimate of drug-likeness (QED) is 0.708. The van der Waals surface area contributed by atoms with Gasteiger partial charge in [0, 0.05) is 45.4 Å². The number of piperazine rings is 1. The second-order valence-electron chi connectivity index (χ2n) is 6.49. The number of nitrogens with zero attached hydrogens (tertiary/aromatic N) is 1. The molecular weight excluding hydrogens is 224 g/mol. The van der Waals surface area contributed by atoms with Gasteiger partial charge in [-0.3, -0.25) is 0 Å². The molecule has 0 radical (unpaired) electrons. The highest BCUT2D eigenvalue weighted by molar-refractivity contribution is 4.87. The number of unbranched alkanes of at least 4 members (excludes halogenated alkanes) is 1. The molecule has 0 aromatic carbocycles. The van der Waals surface area contributed by atoms with Gasteiger partial charge in [-0.15, -0.1) is 0 Å². The average molecular weight is 256 g/mol. The fourth-order valence-electron chi connectivity index (χ4n) is 2.33. The second kappa shape index (κ2) is 8.13. The van der Waals surface area contributed by atoms with Crippen molar-refractivity contribution in [3.8, 4) is 0 Å². The van der Waals surface area contributed by atoms with E-state index in [-0.39, 0.29) is 0 Å². The van der Waals surface area contributed by atoms with Crippen molar-refractivity contribution in [1.29, 1.82) is 0 Å². The molecule has 1 heterocycles. The van der Waals surface area contributed by atoms with E-state index >= 15 is 0 Å². The third-order valence-electron chi connectivity index (χ3n) is 3.71. The molecule has 0 aromatic rings. The van der Waals surface area contributed by atoms with Gasteiger partial charge < -0.3 is 15.0 Å². The Labute approximate surface area is 113 Å². The Hall–Kier alpha value is -0.120. The predicted octanol–water partition coefficient (Wildman–Crippen LogP) is 2.51. The van der Waals surface area contributed by atoms with E-state index in [0.717, 1.165) is 19.8 Å². The molecular formula is C15H32N2O. The molecule has 0 amide bonds. The maximum absolute atomic E-state index is 5.62. The van der Waals surface area contributed by atoms with Crippen LogP contribution in [0.15, 0.2) is 0 Å². The van der Waals surface area contributed by atoms with E-state index in [1.807, 2.05) is 0 Å². The Balaban J connectivity index is 2.11. The lowest BCUT2D eigenvalue weighted by Gasteiger charge is -2.40. The van der Waals surface area contributed by atoms with Crippen molar-refractivity contribution < 1.29 is 4.74 Å². The molecule has 1 rings (SSSR count). The van der Waals surface area contributed by atoms with Crippen molar-refractivity contribution >= 4 is 0 Å². The van der Waals surface area contributed by atoms with Crippen LogP contribution in [0, 0.1) is 5.41 Å². The van der Waals surface area contributed by atoms with Gasteiger partial charge in [-0.05, 0) is 18.3 Å². The van der Waals surface area contributed by atoms with E-state index in [1.54, 1.807) is 0 Å². The predicted molar refractivity (Wildman–Crippen MR) is 78.0 cm³/mol. The highest BCUT2D eigenvalue weighted by atomic mass is 16.5. The van der Waals surface area contributed by atoms with Gasteiger partial charge in [0.25, 0.3) is 0 Å². The standard InChI is InChI=1S/C15H32N2O/c1-5-6-11-18-12-7-9-17-10-8-16-14(13-17)15(2,3)4/h14,16H,5-13H2,1-4H3. The molecule has 108 valence electrons. The van der Waals surface area contributed by atoms with Crippen LogP contribution >= 0.6 is 0 Å². The first-order valence-corrected chi connectivity index (χ1v) is 7.57. The lowest BCUT2D eigenvalue weighted by Crippen LogP contribution is -2.55. The van der Waals surface area contributed by atoms with Crippen molar-refractivity contribution in [2.75, 3.05) is 39.4 Å². The third kappa shape index (κ3) is 6.17.